The molecule has 1 aromatic rings. The van der Waals surface area contributed by atoms with Crippen molar-refractivity contribution in [2.75, 3.05) is 5.32 Å². The van der Waals surface area contributed by atoms with Crippen LogP contribution >= 0.6 is 0 Å². The molecule has 0 spiro atoms. The van der Waals surface area contributed by atoms with Crippen molar-refractivity contribution in [1.29, 1.82) is 0 Å². The predicted octanol–water partition coefficient (Wildman–Crippen LogP) is 1.79. The van der Waals surface area contributed by atoms with E-state index in [0.717, 1.165) is 6.07 Å². The molecule has 1 aromatic carbocycles. The number of carbonyl (C=O) groups excluding carboxylic acids is 1. The number of nitro benzene ring substituents is 1. The molecule has 1 rings (SSSR count). The minimum atomic E-state index is -1.49. The number of nitrogens with two attached hydrogens (primary N) is 1. The number of carbonyl (C=O) groups is 1. The Morgan fingerprint density at radius 1 is 1.42 bits per heavy atom. The summed E-state index contributed by atoms with van der Waals surface area (Å²) < 4.78 is 26.6. The van der Waals surface area contributed by atoms with Crippen molar-refractivity contribution in [3.05, 3.63) is 33.9 Å². The maximum Gasteiger partial charge on any atom is 0.296 e. The summed E-state index contributed by atoms with van der Waals surface area (Å²) >= 11 is 0. The van der Waals surface area contributed by atoms with Crippen LogP contribution in [0.5, 0.6) is 0 Å². The molecule has 0 aliphatic heterocycles. The summed E-state index contributed by atoms with van der Waals surface area (Å²) in [4.78, 5) is 21.4. The summed E-state index contributed by atoms with van der Waals surface area (Å²) in [5.74, 6) is -3.85. The lowest BCUT2D eigenvalue weighted by molar-refractivity contribution is -0.384. The van der Waals surface area contributed by atoms with Gasteiger partial charge in [0.1, 0.15) is 0 Å². The number of nitro groups is 1. The van der Waals surface area contributed by atoms with Crippen LogP contribution in [0.15, 0.2) is 12.1 Å². The Morgan fingerprint density at radius 2 is 2.00 bits per heavy atom. The second-order valence-electron chi connectivity index (χ2n) is 4.27. The van der Waals surface area contributed by atoms with Crippen LogP contribution in [0, 0.1) is 27.7 Å². The average molecular weight is 273 g/mol. The first-order valence-electron chi connectivity index (χ1n) is 5.44. The second-order valence-corrected chi connectivity index (χ2v) is 4.27. The minimum Gasteiger partial charge on any atom is -0.320 e. The van der Waals surface area contributed by atoms with Crippen LogP contribution in [0.3, 0.4) is 0 Å². The van der Waals surface area contributed by atoms with E-state index in [0.29, 0.717) is 6.07 Å². The topological polar surface area (TPSA) is 98.3 Å². The quantitative estimate of drug-likeness (QED) is 0.645. The predicted molar refractivity (Wildman–Crippen MR) is 64.5 cm³/mol. The molecular weight excluding hydrogens is 260 g/mol. The highest BCUT2D eigenvalue weighted by Crippen LogP contribution is 2.29. The summed E-state index contributed by atoms with van der Waals surface area (Å²) in [7, 11) is 0. The van der Waals surface area contributed by atoms with Crippen LogP contribution in [0.1, 0.15) is 13.8 Å². The van der Waals surface area contributed by atoms with E-state index in [1.165, 1.54) is 0 Å². The molecule has 0 aromatic heterocycles. The van der Waals surface area contributed by atoms with Gasteiger partial charge in [0.05, 0.1) is 11.0 Å². The monoisotopic (exact) mass is 273 g/mol. The highest BCUT2D eigenvalue weighted by Gasteiger charge is 2.26. The number of hydrogen-bond acceptors (Lipinski definition) is 4. The molecule has 0 saturated carbocycles. The van der Waals surface area contributed by atoms with Crippen LogP contribution in [0.25, 0.3) is 0 Å². The standard InChI is InChI=1S/C11H13F2N3O3/c1-5(2)9(14)11(17)15-10-7(16(18)19)4-3-6(12)8(10)13/h3-5,9H,14H2,1-2H3,(H,15,17)/t9-/m1/s1. The average Bonchev–Trinajstić information content (AvgIpc) is 2.33. The van der Waals surface area contributed by atoms with E-state index in [1.54, 1.807) is 13.8 Å². The van der Waals surface area contributed by atoms with Crippen molar-refractivity contribution in [3.8, 4) is 0 Å². The number of hydrogen-bond donors (Lipinski definition) is 2. The van der Waals surface area contributed by atoms with Crippen molar-refractivity contribution in [2.45, 2.75) is 19.9 Å². The normalized spacial score (nSPS) is 12.3. The molecule has 0 bridgehead atoms. The van der Waals surface area contributed by atoms with Gasteiger partial charge in [-0.25, -0.2) is 8.78 Å². The van der Waals surface area contributed by atoms with Gasteiger partial charge >= 0.3 is 0 Å². The molecule has 0 aliphatic rings. The van der Waals surface area contributed by atoms with Crippen molar-refractivity contribution < 1.29 is 18.5 Å². The van der Waals surface area contributed by atoms with E-state index in [2.05, 4.69) is 0 Å². The Labute approximate surface area is 107 Å². The molecule has 1 amide bonds. The third-order valence-corrected chi connectivity index (χ3v) is 2.54. The number of anilines is 1. The number of nitrogens with zero attached hydrogens (tertiary/aromatic N) is 1. The first kappa shape index (κ1) is 15.0. The Bertz CT molecular complexity index is 520. The molecule has 0 aliphatic carbocycles. The van der Waals surface area contributed by atoms with Gasteiger partial charge in [-0.15, -0.1) is 0 Å². The Hall–Kier alpha value is -2.09. The van der Waals surface area contributed by atoms with Crippen LogP contribution < -0.4 is 11.1 Å². The number of nitrogens with one attached hydrogen (secondary N) is 1. The first-order valence-corrected chi connectivity index (χ1v) is 5.44. The molecule has 1 atom stereocenters. The molecule has 104 valence electrons. The number of rotatable bonds is 4. The molecule has 6 nitrogen and oxygen atoms in total. The summed E-state index contributed by atoms with van der Waals surface area (Å²) in [5.41, 5.74) is 3.98. The number of amides is 1. The number of benzene rings is 1. The zero-order valence-corrected chi connectivity index (χ0v) is 10.3. The molecule has 0 saturated heterocycles. The third-order valence-electron chi connectivity index (χ3n) is 2.54. The van der Waals surface area contributed by atoms with Gasteiger partial charge in [-0.1, -0.05) is 13.8 Å². The zero-order valence-electron chi connectivity index (χ0n) is 10.3. The summed E-state index contributed by atoms with van der Waals surface area (Å²) in [6.07, 6.45) is 0. The molecule has 0 radical (unpaired) electrons. The Morgan fingerprint density at radius 3 is 2.47 bits per heavy atom. The molecule has 8 heteroatoms. The summed E-state index contributed by atoms with van der Waals surface area (Å²) in [6.45, 7) is 3.31. The van der Waals surface area contributed by atoms with Gasteiger partial charge in [0.2, 0.25) is 5.91 Å². The lowest BCUT2D eigenvalue weighted by Gasteiger charge is -2.15. The second kappa shape index (κ2) is 5.70. The smallest absolute Gasteiger partial charge is 0.296 e. The molecular formula is C11H13F2N3O3. The fourth-order valence-electron chi connectivity index (χ4n) is 1.32. The van der Waals surface area contributed by atoms with E-state index in [1.807, 2.05) is 5.32 Å². The largest absolute Gasteiger partial charge is 0.320 e. The van der Waals surface area contributed by atoms with Crippen LogP contribution in [-0.4, -0.2) is 16.9 Å². The highest BCUT2D eigenvalue weighted by atomic mass is 19.2. The van der Waals surface area contributed by atoms with Gasteiger partial charge in [-0.2, -0.15) is 0 Å². The van der Waals surface area contributed by atoms with Gasteiger partial charge in [-0.05, 0) is 12.0 Å². The Balaban J connectivity index is 3.16. The molecule has 0 heterocycles. The fraction of sp³-hybridized carbons (Fsp3) is 0.364. The van der Waals surface area contributed by atoms with E-state index >= 15 is 0 Å². The minimum absolute atomic E-state index is 0.254. The van der Waals surface area contributed by atoms with Gasteiger partial charge in [0, 0.05) is 6.07 Å². The van der Waals surface area contributed by atoms with Gasteiger partial charge in [-0.3, -0.25) is 14.9 Å². The van der Waals surface area contributed by atoms with Gasteiger partial charge in [0.25, 0.3) is 5.69 Å². The van der Waals surface area contributed by atoms with Crippen molar-refractivity contribution >= 4 is 17.3 Å². The molecule has 19 heavy (non-hydrogen) atoms. The highest BCUT2D eigenvalue weighted by molar-refractivity contribution is 5.96. The zero-order chi connectivity index (χ0) is 14.7. The van der Waals surface area contributed by atoms with Gasteiger partial charge in [0.15, 0.2) is 17.3 Å². The molecule has 3 N–H and O–H groups in total. The molecule has 0 unspecified atom stereocenters. The first-order chi connectivity index (χ1) is 8.75. The van der Waals surface area contributed by atoms with Crippen LogP contribution in [0.4, 0.5) is 20.2 Å². The van der Waals surface area contributed by atoms with Crippen molar-refractivity contribution in [2.24, 2.45) is 11.7 Å². The summed E-state index contributed by atoms with van der Waals surface area (Å²) in [5, 5.41) is 12.7. The van der Waals surface area contributed by atoms with E-state index in [4.69, 9.17) is 5.73 Å². The lowest BCUT2D eigenvalue weighted by Crippen LogP contribution is -2.40. The third kappa shape index (κ3) is 3.22. The van der Waals surface area contributed by atoms with Crippen molar-refractivity contribution in [3.63, 3.8) is 0 Å². The lowest BCUT2D eigenvalue weighted by atomic mass is 10.0. The van der Waals surface area contributed by atoms with Crippen molar-refractivity contribution in [1.82, 2.24) is 0 Å². The molecule has 0 fully saturated rings. The maximum atomic E-state index is 13.5. The number of halogens is 2. The SMILES string of the molecule is CC(C)[C@@H](N)C(=O)Nc1c([N+](=O)[O-])ccc(F)c1F. The summed E-state index contributed by atoms with van der Waals surface area (Å²) in [6, 6.07) is 0.405. The van der Waals surface area contributed by atoms with Crippen LogP contribution in [0.2, 0.25) is 0 Å². The van der Waals surface area contributed by atoms with E-state index in [9.17, 15) is 23.7 Å². The fourth-order valence-corrected chi connectivity index (χ4v) is 1.32. The van der Waals surface area contributed by atoms with Gasteiger partial charge < -0.3 is 11.1 Å². The Kier molecular flexibility index (Phi) is 4.49. The maximum absolute atomic E-state index is 13.5. The van der Waals surface area contributed by atoms with E-state index < -0.39 is 39.9 Å². The van der Waals surface area contributed by atoms with E-state index in [-0.39, 0.29) is 5.92 Å². The van der Waals surface area contributed by atoms with Crippen LogP contribution in [-0.2, 0) is 4.79 Å².